The minimum absolute atomic E-state index is 0.787. The first-order valence-corrected chi connectivity index (χ1v) is 7.82. The molecular formula is C15H30N2. The fraction of sp³-hybridized carbons (Fsp3) is 1.00. The van der Waals surface area contributed by atoms with Gasteiger partial charge in [-0.3, -0.25) is 4.90 Å². The quantitative estimate of drug-likeness (QED) is 0.765. The van der Waals surface area contributed by atoms with E-state index in [9.17, 15) is 0 Å². The fourth-order valence-electron chi connectivity index (χ4n) is 3.75. The van der Waals surface area contributed by atoms with Crippen molar-refractivity contribution in [1.29, 1.82) is 0 Å². The second-order valence-corrected chi connectivity index (χ2v) is 6.00. The molecule has 0 radical (unpaired) electrons. The van der Waals surface area contributed by atoms with E-state index in [2.05, 4.69) is 24.1 Å². The molecule has 2 heteroatoms. The average Bonchev–Trinajstić information content (AvgIpc) is 2.94. The van der Waals surface area contributed by atoms with Crippen LogP contribution in [-0.2, 0) is 0 Å². The summed E-state index contributed by atoms with van der Waals surface area (Å²) in [6, 6.07) is 1.64. The van der Waals surface area contributed by atoms with Crippen LogP contribution in [0.1, 0.15) is 58.8 Å². The van der Waals surface area contributed by atoms with Crippen LogP contribution in [0.2, 0.25) is 0 Å². The van der Waals surface area contributed by atoms with E-state index in [1.165, 1.54) is 64.6 Å². The summed E-state index contributed by atoms with van der Waals surface area (Å²) in [5.41, 5.74) is 0. The predicted octanol–water partition coefficient (Wildman–Crippen LogP) is 3.03. The molecule has 0 aromatic rings. The fourth-order valence-corrected chi connectivity index (χ4v) is 3.75. The Balaban J connectivity index is 1.80. The molecule has 0 spiro atoms. The molecule has 3 atom stereocenters. The number of nitrogens with one attached hydrogen (secondary N) is 1. The summed E-state index contributed by atoms with van der Waals surface area (Å²) in [5.74, 6) is 0.993. The largest absolute Gasteiger partial charge is 0.312 e. The molecule has 1 N–H and O–H groups in total. The highest BCUT2D eigenvalue weighted by atomic mass is 15.2. The van der Waals surface area contributed by atoms with Gasteiger partial charge in [-0.25, -0.2) is 0 Å². The summed E-state index contributed by atoms with van der Waals surface area (Å²) >= 11 is 0. The van der Waals surface area contributed by atoms with Crippen molar-refractivity contribution in [2.24, 2.45) is 5.92 Å². The molecule has 0 aromatic carbocycles. The Kier molecular flexibility index (Phi) is 5.30. The summed E-state index contributed by atoms with van der Waals surface area (Å²) < 4.78 is 0. The van der Waals surface area contributed by atoms with Crippen molar-refractivity contribution in [1.82, 2.24) is 10.2 Å². The van der Waals surface area contributed by atoms with Gasteiger partial charge in [-0.05, 0) is 51.1 Å². The van der Waals surface area contributed by atoms with Crippen molar-refractivity contribution in [2.75, 3.05) is 19.6 Å². The van der Waals surface area contributed by atoms with Crippen LogP contribution in [0.5, 0.6) is 0 Å². The lowest BCUT2D eigenvalue weighted by Crippen LogP contribution is -2.46. The van der Waals surface area contributed by atoms with Gasteiger partial charge in [0.2, 0.25) is 0 Å². The van der Waals surface area contributed by atoms with Crippen molar-refractivity contribution in [3.8, 4) is 0 Å². The van der Waals surface area contributed by atoms with Crippen molar-refractivity contribution < 1.29 is 0 Å². The second-order valence-electron chi connectivity index (χ2n) is 6.00. The van der Waals surface area contributed by atoms with Gasteiger partial charge < -0.3 is 5.32 Å². The van der Waals surface area contributed by atoms with E-state index in [1.54, 1.807) is 0 Å². The highest BCUT2D eigenvalue weighted by Gasteiger charge is 2.35. The minimum Gasteiger partial charge on any atom is -0.312 e. The van der Waals surface area contributed by atoms with Crippen LogP contribution in [-0.4, -0.2) is 36.6 Å². The molecule has 3 unspecified atom stereocenters. The maximum Gasteiger partial charge on any atom is 0.0249 e. The van der Waals surface area contributed by atoms with Gasteiger partial charge in [0, 0.05) is 18.6 Å². The molecule has 1 aliphatic carbocycles. The van der Waals surface area contributed by atoms with Crippen LogP contribution in [0.3, 0.4) is 0 Å². The SMILES string of the molecule is CCCNC1CCCC1N1CCC(CCC)C1. The van der Waals surface area contributed by atoms with Crippen molar-refractivity contribution in [2.45, 2.75) is 70.9 Å². The van der Waals surface area contributed by atoms with E-state index < -0.39 is 0 Å². The van der Waals surface area contributed by atoms with Gasteiger partial charge in [0.25, 0.3) is 0 Å². The molecule has 100 valence electrons. The molecule has 2 fully saturated rings. The molecule has 1 saturated heterocycles. The van der Waals surface area contributed by atoms with E-state index >= 15 is 0 Å². The summed E-state index contributed by atoms with van der Waals surface area (Å²) in [6.45, 7) is 8.53. The molecular weight excluding hydrogens is 208 g/mol. The highest BCUT2D eigenvalue weighted by molar-refractivity contribution is 4.93. The summed E-state index contributed by atoms with van der Waals surface area (Å²) in [5, 5.41) is 3.76. The Hall–Kier alpha value is -0.0800. The Morgan fingerprint density at radius 3 is 2.76 bits per heavy atom. The van der Waals surface area contributed by atoms with E-state index in [0.717, 1.165) is 18.0 Å². The molecule has 17 heavy (non-hydrogen) atoms. The summed E-state index contributed by atoms with van der Waals surface area (Å²) in [4.78, 5) is 2.79. The van der Waals surface area contributed by atoms with Crippen LogP contribution in [0.25, 0.3) is 0 Å². The molecule has 1 heterocycles. The number of nitrogens with zero attached hydrogens (tertiary/aromatic N) is 1. The zero-order valence-corrected chi connectivity index (χ0v) is 11.8. The maximum absolute atomic E-state index is 3.76. The third kappa shape index (κ3) is 3.45. The lowest BCUT2D eigenvalue weighted by atomic mass is 10.0. The predicted molar refractivity (Wildman–Crippen MR) is 74.3 cm³/mol. The monoisotopic (exact) mass is 238 g/mol. The highest BCUT2D eigenvalue weighted by Crippen LogP contribution is 2.30. The molecule has 0 bridgehead atoms. The molecule has 0 aromatic heterocycles. The van der Waals surface area contributed by atoms with Gasteiger partial charge in [-0.15, -0.1) is 0 Å². The molecule has 2 aliphatic rings. The van der Waals surface area contributed by atoms with Crippen LogP contribution in [0, 0.1) is 5.92 Å². The lowest BCUT2D eigenvalue weighted by molar-refractivity contribution is 0.203. The average molecular weight is 238 g/mol. The zero-order valence-electron chi connectivity index (χ0n) is 11.8. The van der Waals surface area contributed by atoms with E-state index in [-0.39, 0.29) is 0 Å². The van der Waals surface area contributed by atoms with Crippen LogP contribution >= 0.6 is 0 Å². The molecule has 1 saturated carbocycles. The molecule has 2 rings (SSSR count). The summed E-state index contributed by atoms with van der Waals surface area (Å²) in [6.07, 6.45) is 9.78. The Morgan fingerprint density at radius 2 is 2.00 bits per heavy atom. The Bertz CT molecular complexity index is 217. The third-order valence-electron chi connectivity index (χ3n) is 4.62. The van der Waals surface area contributed by atoms with Crippen molar-refractivity contribution >= 4 is 0 Å². The molecule has 0 amide bonds. The topological polar surface area (TPSA) is 15.3 Å². The van der Waals surface area contributed by atoms with Crippen molar-refractivity contribution in [3.05, 3.63) is 0 Å². The first kappa shape index (κ1) is 13.4. The molecule has 2 nitrogen and oxygen atoms in total. The van der Waals surface area contributed by atoms with Gasteiger partial charge in [0.1, 0.15) is 0 Å². The second kappa shape index (κ2) is 6.75. The van der Waals surface area contributed by atoms with Gasteiger partial charge in [0.05, 0.1) is 0 Å². The molecule has 1 aliphatic heterocycles. The number of hydrogen-bond donors (Lipinski definition) is 1. The van der Waals surface area contributed by atoms with E-state index in [1.807, 2.05) is 0 Å². The smallest absolute Gasteiger partial charge is 0.0249 e. The summed E-state index contributed by atoms with van der Waals surface area (Å²) in [7, 11) is 0. The standard InChI is InChI=1S/C15H30N2/c1-3-6-13-9-11-17(12-13)15-8-5-7-14(15)16-10-4-2/h13-16H,3-12H2,1-2H3. The zero-order chi connectivity index (χ0) is 12.1. The number of hydrogen-bond acceptors (Lipinski definition) is 2. The van der Waals surface area contributed by atoms with Crippen molar-refractivity contribution in [3.63, 3.8) is 0 Å². The van der Waals surface area contributed by atoms with Gasteiger partial charge in [-0.2, -0.15) is 0 Å². The van der Waals surface area contributed by atoms with Crippen LogP contribution in [0.15, 0.2) is 0 Å². The first-order chi connectivity index (χ1) is 8.35. The number of likely N-dealkylation sites (tertiary alicyclic amines) is 1. The first-order valence-electron chi connectivity index (χ1n) is 7.82. The van der Waals surface area contributed by atoms with Gasteiger partial charge in [-0.1, -0.05) is 26.7 Å². The van der Waals surface area contributed by atoms with Crippen LogP contribution < -0.4 is 5.32 Å². The Labute approximate surface area is 107 Å². The van der Waals surface area contributed by atoms with Gasteiger partial charge >= 0.3 is 0 Å². The third-order valence-corrected chi connectivity index (χ3v) is 4.62. The van der Waals surface area contributed by atoms with Gasteiger partial charge in [0.15, 0.2) is 0 Å². The van der Waals surface area contributed by atoms with E-state index in [0.29, 0.717) is 0 Å². The Morgan fingerprint density at radius 1 is 1.12 bits per heavy atom. The maximum atomic E-state index is 3.76. The number of rotatable bonds is 6. The minimum atomic E-state index is 0.787. The van der Waals surface area contributed by atoms with Crippen LogP contribution in [0.4, 0.5) is 0 Å². The normalized spacial score (nSPS) is 34.6. The lowest BCUT2D eigenvalue weighted by Gasteiger charge is -2.30. The van der Waals surface area contributed by atoms with E-state index in [4.69, 9.17) is 0 Å².